The SMILES string of the molecule is CCCCCCC1CCC(c2ncc(CCC)cn2)CC1. The lowest BCUT2D eigenvalue weighted by molar-refractivity contribution is 0.296. The standard InChI is InChI=1S/C19H32N2/c1-3-5-6-7-9-16-10-12-18(13-11-16)19-20-14-17(8-4-2)15-21-19/h14-16,18H,3-13H2,1-2H3. The number of rotatable bonds is 8. The van der Waals surface area contributed by atoms with Gasteiger partial charge in [-0.15, -0.1) is 0 Å². The van der Waals surface area contributed by atoms with Crippen molar-refractivity contribution >= 4 is 0 Å². The molecule has 1 aliphatic carbocycles. The van der Waals surface area contributed by atoms with Crippen LogP contribution in [0, 0.1) is 5.92 Å². The third kappa shape index (κ3) is 5.41. The van der Waals surface area contributed by atoms with Crippen LogP contribution in [0.2, 0.25) is 0 Å². The third-order valence-corrected chi connectivity index (χ3v) is 4.94. The number of hydrogen-bond acceptors (Lipinski definition) is 2. The van der Waals surface area contributed by atoms with E-state index in [9.17, 15) is 0 Å². The number of unbranched alkanes of at least 4 members (excludes halogenated alkanes) is 3. The zero-order valence-electron chi connectivity index (χ0n) is 14.0. The Morgan fingerprint density at radius 1 is 0.905 bits per heavy atom. The lowest BCUT2D eigenvalue weighted by atomic mass is 9.79. The van der Waals surface area contributed by atoms with Crippen LogP contribution in [0.25, 0.3) is 0 Å². The molecule has 1 aromatic heterocycles. The number of hydrogen-bond donors (Lipinski definition) is 0. The van der Waals surface area contributed by atoms with Crippen molar-refractivity contribution in [3.05, 3.63) is 23.8 Å². The summed E-state index contributed by atoms with van der Waals surface area (Å²) in [5.74, 6) is 2.68. The smallest absolute Gasteiger partial charge is 0.131 e. The number of nitrogens with zero attached hydrogens (tertiary/aromatic N) is 2. The van der Waals surface area contributed by atoms with Crippen molar-refractivity contribution in [1.82, 2.24) is 9.97 Å². The summed E-state index contributed by atoms with van der Waals surface area (Å²) in [4.78, 5) is 9.24. The normalized spacial score (nSPS) is 22.4. The fraction of sp³-hybridized carbons (Fsp3) is 0.789. The molecule has 0 bridgehead atoms. The molecule has 2 nitrogen and oxygen atoms in total. The Kier molecular flexibility index (Phi) is 7.18. The van der Waals surface area contributed by atoms with Gasteiger partial charge in [-0.2, -0.15) is 0 Å². The molecule has 0 spiro atoms. The van der Waals surface area contributed by atoms with Crippen LogP contribution in [-0.2, 0) is 6.42 Å². The first-order valence-electron chi connectivity index (χ1n) is 9.14. The monoisotopic (exact) mass is 288 g/mol. The molecule has 2 heteroatoms. The average Bonchev–Trinajstić information content (AvgIpc) is 2.53. The van der Waals surface area contributed by atoms with Gasteiger partial charge >= 0.3 is 0 Å². The van der Waals surface area contributed by atoms with E-state index in [0.717, 1.165) is 18.2 Å². The minimum Gasteiger partial charge on any atom is -0.241 e. The van der Waals surface area contributed by atoms with E-state index < -0.39 is 0 Å². The third-order valence-electron chi connectivity index (χ3n) is 4.94. The summed E-state index contributed by atoms with van der Waals surface area (Å²) >= 11 is 0. The molecule has 2 rings (SSSR count). The van der Waals surface area contributed by atoms with E-state index in [4.69, 9.17) is 0 Å². The van der Waals surface area contributed by atoms with Gasteiger partial charge in [0.25, 0.3) is 0 Å². The minimum atomic E-state index is 0.618. The molecule has 1 aliphatic rings. The predicted molar refractivity (Wildman–Crippen MR) is 89.5 cm³/mol. The highest BCUT2D eigenvalue weighted by molar-refractivity contribution is 5.08. The highest BCUT2D eigenvalue weighted by Gasteiger charge is 2.23. The molecule has 21 heavy (non-hydrogen) atoms. The first-order chi connectivity index (χ1) is 10.3. The van der Waals surface area contributed by atoms with E-state index in [-0.39, 0.29) is 0 Å². The predicted octanol–water partition coefficient (Wildman–Crippen LogP) is 5.67. The van der Waals surface area contributed by atoms with Gasteiger partial charge < -0.3 is 0 Å². The topological polar surface area (TPSA) is 25.8 Å². The summed E-state index contributed by atoms with van der Waals surface area (Å²) in [6.45, 7) is 4.49. The van der Waals surface area contributed by atoms with Gasteiger partial charge in [0.1, 0.15) is 5.82 Å². The van der Waals surface area contributed by atoms with Gasteiger partial charge in [-0.1, -0.05) is 52.4 Å². The van der Waals surface area contributed by atoms with Gasteiger partial charge in [0, 0.05) is 18.3 Å². The summed E-state index contributed by atoms with van der Waals surface area (Å²) in [7, 11) is 0. The second kappa shape index (κ2) is 9.17. The van der Waals surface area contributed by atoms with Gasteiger partial charge in [0.2, 0.25) is 0 Å². The molecule has 1 fully saturated rings. The zero-order chi connectivity index (χ0) is 14.9. The fourth-order valence-electron chi connectivity index (χ4n) is 3.56. The molecule has 0 aromatic carbocycles. The van der Waals surface area contributed by atoms with Crippen molar-refractivity contribution in [1.29, 1.82) is 0 Å². The second-order valence-corrected chi connectivity index (χ2v) is 6.77. The van der Waals surface area contributed by atoms with Crippen molar-refractivity contribution in [3.63, 3.8) is 0 Å². The maximum absolute atomic E-state index is 4.62. The molecule has 1 saturated carbocycles. The van der Waals surface area contributed by atoms with Crippen LogP contribution in [0.4, 0.5) is 0 Å². The molecule has 118 valence electrons. The molecule has 0 atom stereocenters. The maximum atomic E-state index is 4.62. The Morgan fingerprint density at radius 2 is 1.62 bits per heavy atom. The highest BCUT2D eigenvalue weighted by Crippen LogP contribution is 2.36. The number of aromatic nitrogens is 2. The Labute approximate surface area is 130 Å². The molecular weight excluding hydrogens is 256 g/mol. The van der Waals surface area contributed by atoms with Crippen molar-refractivity contribution in [3.8, 4) is 0 Å². The summed E-state index contributed by atoms with van der Waals surface area (Å²) in [5, 5.41) is 0. The molecule has 0 unspecified atom stereocenters. The molecule has 1 aromatic rings. The van der Waals surface area contributed by atoms with Crippen LogP contribution in [0.1, 0.15) is 95.4 Å². The molecule has 0 aliphatic heterocycles. The second-order valence-electron chi connectivity index (χ2n) is 6.77. The van der Waals surface area contributed by atoms with E-state index in [1.165, 1.54) is 69.8 Å². The van der Waals surface area contributed by atoms with E-state index >= 15 is 0 Å². The van der Waals surface area contributed by atoms with Gasteiger partial charge in [-0.3, -0.25) is 0 Å². The Morgan fingerprint density at radius 3 is 2.24 bits per heavy atom. The quantitative estimate of drug-likeness (QED) is 0.576. The van der Waals surface area contributed by atoms with Crippen molar-refractivity contribution in [2.75, 3.05) is 0 Å². The lowest BCUT2D eigenvalue weighted by Gasteiger charge is -2.27. The van der Waals surface area contributed by atoms with Crippen molar-refractivity contribution < 1.29 is 0 Å². The Hall–Kier alpha value is -0.920. The largest absolute Gasteiger partial charge is 0.241 e. The van der Waals surface area contributed by atoms with E-state index in [0.29, 0.717) is 5.92 Å². The maximum Gasteiger partial charge on any atom is 0.131 e. The van der Waals surface area contributed by atoms with E-state index in [1.54, 1.807) is 0 Å². The van der Waals surface area contributed by atoms with Crippen LogP contribution in [-0.4, -0.2) is 9.97 Å². The summed E-state index contributed by atoms with van der Waals surface area (Å²) in [6.07, 6.45) is 18.8. The van der Waals surface area contributed by atoms with Crippen molar-refractivity contribution in [2.45, 2.75) is 90.4 Å². The Bertz CT molecular complexity index is 377. The molecule has 0 radical (unpaired) electrons. The van der Waals surface area contributed by atoms with Gasteiger partial charge in [-0.05, 0) is 43.6 Å². The fourth-order valence-corrected chi connectivity index (χ4v) is 3.56. The van der Waals surface area contributed by atoms with Crippen LogP contribution < -0.4 is 0 Å². The first-order valence-corrected chi connectivity index (χ1v) is 9.14. The van der Waals surface area contributed by atoms with Crippen LogP contribution >= 0.6 is 0 Å². The summed E-state index contributed by atoms with van der Waals surface area (Å²) in [5.41, 5.74) is 1.28. The summed E-state index contributed by atoms with van der Waals surface area (Å²) in [6, 6.07) is 0. The highest BCUT2D eigenvalue weighted by atomic mass is 14.9. The van der Waals surface area contributed by atoms with Crippen LogP contribution in [0.3, 0.4) is 0 Å². The first kappa shape index (κ1) is 16.5. The van der Waals surface area contributed by atoms with Gasteiger partial charge in [-0.25, -0.2) is 9.97 Å². The summed E-state index contributed by atoms with van der Waals surface area (Å²) < 4.78 is 0. The molecule has 0 N–H and O–H groups in total. The van der Waals surface area contributed by atoms with Crippen LogP contribution in [0.15, 0.2) is 12.4 Å². The zero-order valence-corrected chi connectivity index (χ0v) is 14.0. The van der Waals surface area contributed by atoms with Crippen molar-refractivity contribution in [2.24, 2.45) is 5.92 Å². The minimum absolute atomic E-state index is 0.618. The molecular formula is C19H32N2. The van der Waals surface area contributed by atoms with Crippen LogP contribution in [0.5, 0.6) is 0 Å². The van der Waals surface area contributed by atoms with E-state index in [2.05, 4.69) is 23.8 Å². The van der Waals surface area contributed by atoms with Gasteiger partial charge in [0.05, 0.1) is 0 Å². The molecule has 0 saturated heterocycles. The lowest BCUT2D eigenvalue weighted by Crippen LogP contribution is -2.15. The molecule has 1 heterocycles. The molecule has 0 amide bonds. The average molecular weight is 288 g/mol. The number of aryl methyl sites for hydroxylation is 1. The Balaban J connectivity index is 1.73. The van der Waals surface area contributed by atoms with Gasteiger partial charge in [0.15, 0.2) is 0 Å². The van der Waals surface area contributed by atoms with E-state index in [1.807, 2.05) is 12.4 Å².